The number of allylic oxidation sites excluding steroid dienone is 2. The number of carboxylic acids is 1. The topological polar surface area (TPSA) is 414 Å². The molecule has 27 nitrogen and oxygen atoms in total. The number of nitrogens with zero attached hydrogens (tertiary/aromatic N) is 7. The fraction of sp³-hybridized carbons (Fsp3) is 0.333. The van der Waals surface area contributed by atoms with E-state index in [-0.39, 0.29) is 106 Å². The number of azide groups is 1. The minimum Gasteiger partial charge on any atom is -0.478 e. The number of carbonyl (C=O) groups excluding carboxylic acids is 2. The molecule has 0 radical (unpaired) electrons. The lowest BCUT2D eigenvalue weighted by molar-refractivity contribution is -0.0537. The zero-order valence-electron chi connectivity index (χ0n) is 46.1. The second-order valence-corrected chi connectivity index (χ2v) is 26.0. The molecule has 454 valence electrons. The van der Waals surface area contributed by atoms with Gasteiger partial charge in [-0.05, 0) is 66.3 Å². The molecule has 5 atom stereocenters. The lowest BCUT2D eigenvalue weighted by Crippen LogP contribution is -2.31. The summed E-state index contributed by atoms with van der Waals surface area (Å²) in [7, 11) is -7.21. The van der Waals surface area contributed by atoms with E-state index in [0.717, 1.165) is 0 Å². The van der Waals surface area contributed by atoms with Crippen molar-refractivity contribution in [1.82, 2.24) is 25.2 Å². The predicted octanol–water partition coefficient (Wildman–Crippen LogP) is 5.77. The molecular weight excluding hydrogens is 1220 g/mol. The highest BCUT2D eigenvalue weighted by atomic mass is 33.1. The number of amides is 2. The molecule has 86 heavy (non-hydrogen) atoms. The van der Waals surface area contributed by atoms with Crippen LogP contribution < -0.4 is 37.4 Å². The van der Waals surface area contributed by atoms with Crippen LogP contribution in [0.4, 0.5) is 16.3 Å². The van der Waals surface area contributed by atoms with Gasteiger partial charge in [0.25, 0.3) is 26.1 Å². The quantitative estimate of drug-likeness (QED) is 0.00322. The molecule has 2 unspecified atom stereocenters. The van der Waals surface area contributed by atoms with Gasteiger partial charge in [0.1, 0.15) is 66.5 Å². The molecular formula is C54H58N11O16PS4. The largest absolute Gasteiger partial charge is 0.478 e. The highest BCUT2D eigenvalue weighted by Crippen LogP contribution is 2.43. The van der Waals surface area contributed by atoms with E-state index in [4.69, 9.17) is 45.5 Å². The molecule has 3 aliphatic rings. The number of benzene rings is 3. The average molecular weight is 1280 g/mol. The number of ether oxygens (including phenoxy) is 4. The van der Waals surface area contributed by atoms with Crippen LogP contribution in [0, 0.1) is 17.8 Å². The van der Waals surface area contributed by atoms with Gasteiger partial charge in [-0.25, -0.2) is 19.6 Å². The summed E-state index contributed by atoms with van der Waals surface area (Å²) < 4.78 is 99.9. The van der Waals surface area contributed by atoms with E-state index in [2.05, 4.69) is 49.0 Å². The molecule has 1 fully saturated rings. The Labute approximate surface area is 502 Å². The smallest absolute Gasteiger partial charge is 0.407 e. The van der Waals surface area contributed by atoms with Gasteiger partial charge in [-0.3, -0.25) is 18.9 Å². The zero-order valence-corrected chi connectivity index (χ0v) is 50.4. The Hall–Kier alpha value is -7.56. The summed E-state index contributed by atoms with van der Waals surface area (Å²) in [4.78, 5) is 64.6. The van der Waals surface area contributed by atoms with Crippen molar-refractivity contribution in [2.75, 3.05) is 67.5 Å². The van der Waals surface area contributed by atoms with Gasteiger partial charge in [0.2, 0.25) is 0 Å². The van der Waals surface area contributed by atoms with Crippen LogP contribution in [0.25, 0.3) is 38.2 Å². The van der Waals surface area contributed by atoms with Gasteiger partial charge in [0.15, 0.2) is 9.03 Å². The van der Waals surface area contributed by atoms with Gasteiger partial charge in [-0.2, -0.15) is 16.8 Å². The minimum atomic E-state index is -4.63. The number of carboxylic acid groups (broad SMARTS) is 1. The van der Waals surface area contributed by atoms with Gasteiger partial charge in [-0.15, -0.1) is 6.58 Å². The summed E-state index contributed by atoms with van der Waals surface area (Å²) in [6.45, 7) is 8.88. The van der Waals surface area contributed by atoms with E-state index >= 15 is 0 Å². The molecule has 0 saturated carbocycles. The lowest BCUT2D eigenvalue weighted by Gasteiger charge is -2.27. The number of anilines is 2. The Balaban J connectivity index is 0.920. The van der Waals surface area contributed by atoms with Gasteiger partial charge >= 0.3 is 12.1 Å². The second-order valence-electron chi connectivity index (χ2n) is 19.9. The molecule has 0 aliphatic carbocycles. The van der Waals surface area contributed by atoms with Crippen LogP contribution in [0.1, 0.15) is 82.0 Å². The molecule has 3 aromatic carbocycles. The van der Waals surface area contributed by atoms with Crippen molar-refractivity contribution in [3.8, 4) is 23.3 Å². The number of hydrogen-bond donors (Lipinski definition) is 8. The number of carbonyl (C=O) groups is 3. The number of nitrogen functional groups attached to an aromatic ring is 2. The van der Waals surface area contributed by atoms with Crippen molar-refractivity contribution in [2.24, 2.45) is 16.0 Å². The molecule has 2 aromatic heterocycles. The number of hydrogen-bond acceptors (Lipinski definition) is 21. The van der Waals surface area contributed by atoms with E-state index < -0.39 is 88.6 Å². The lowest BCUT2D eigenvalue weighted by atomic mass is 9.85. The Morgan fingerprint density at radius 1 is 1.05 bits per heavy atom. The summed E-state index contributed by atoms with van der Waals surface area (Å²) in [5, 5.41) is 20.6. The fourth-order valence-electron chi connectivity index (χ4n) is 9.74. The first-order valence-corrected chi connectivity index (χ1v) is 32.5. The first-order valence-electron chi connectivity index (χ1n) is 25.9. The third kappa shape index (κ3) is 16.1. The van der Waals surface area contributed by atoms with Crippen LogP contribution in [0.2, 0.25) is 0 Å². The summed E-state index contributed by atoms with van der Waals surface area (Å²) in [6, 6.07) is 10.1. The van der Waals surface area contributed by atoms with Gasteiger partial charge in [0, 0.05) is 86.4 Å². The molecule has 3 aliphatic heterocycles. The SMILES string of the molecule is C=CC(C)/C=C(/CS(=O)(=O)O)c1cc2c(cc1N)Oc1cc3c(cc1=C2c1ccc(C(=O)NCCSSCCOC(=O)NCC#Cc2cn([C@H]4C[C@@H](OCN=[N+]=[N-])[C@@H](COPO)O4)c4ncnc(N)c24)cc1C(=O)O)C(CS(=O)(=O)O)=CC(C)(C)N=3. The molecule has 10 N–H and O–H groups in total. The summed E-state index contributed by atoms with van der Waals surface area (Å²) in [5.74, 6) is 3.06. The van der Waals surface area contributed by atoms with Crippen molar-refractivity contribution in [1.29, 1.82) is 0 Å². The van der Waals surface area contributed by atoms with Gasteiger partial charge < -0.3 is 60.1 Å². The molecule has 1 saturated heterocycles. The summed E-state index contributed by atoms with van der Waals surface area (Å²) in [5.41, 5.74) is 22.4. The molecule has 8 rings (SSSR count). The van der Waals surface area contributed by atoms with E-state index in [1.165, 1.54) is 58.2 Å². The third-order valence-corrected chi connectivity index (χ3v) is 17.3. The zero-order chi connectivity index (χ0) is 62.1. The van der Waals surface area contributed by atoms with Crippen molar-refractivity contribution in [3.63, 3.8) is 0 Å². The van der Waals surface area contributed by atoms with Crippen molar-refractivity contribution < 1.29 is 73.8 Å². The molecule has 0 bridgehead atoms. The second kappa shape index (κ2) is 27.9. The average Bonchev–Trinajstić information content (AvgIpc) is 0.934. The van der Waals surface area contributed by atoms with Crippen molar-refractivity contribution in [2.45, 2.75) is 51.2 Å². The summed E-state index contributed by atoms with van der Waals surface area (Å²) >= 11 is 0. The Bertz CT molecular complexity index is 4070. The fourth-order valence-corrected chi connectivity index (χ4v) is 13.0. The van der Waals surface area contributed by atoms with Gasteiger partial charge in [0.05, 0.1) is 46.7 Å². The Kier molecular flexibility index (Phi) is 20.9. The molecule has 32 heteroatoms. The van der Waals surface area contributed by atoms with Crippen LogP contribution in [0.15, 0.2) is 89.9 Å². The maximum Gasteiger partial charge on any atom is 0.407 e. The number of nitrogens with two attached hydrogens (primary N) is 2. The maximum atomic E-state index is 13.6. The van der Waals surface area contributed by atoms with E-state index in [1.54, 1.807) is 61.9 Å². The first-order chi connectivity index (χ1) is 40.9. The Morgan fingerprint density at radius 2 is 1.83 bits per heavy atom. The van der Waals surface area contributed by atoms with Crippen molar-refractivity contribution in [3.05, 3.63) is 140 Å². The standard InChI is InChI=1S/C54H58N11O16PS4/c1-5-29(2)15-32(25-85(71,72)73)35-17-38-42(19-40(35)55)80-43-20-41-36(33(26-86(74,75)76)22-54(3,4)63-41)18-39(43)48(38)34-9-8-30(16-37(34)52(67)68)51(66)58-11-13-83-84-14-12-77-53(69)59-10-6-7-31-23-65(50-47(31)49(56)60-27-61-50)46-21-44(78-28-62-64-57)45(81-46)24-79-82-70/h5,8-9,15-20,22-23,27,29,44-46,70,82H,1,10-14,21,24-26,28,55H2,2-4H3,(H,58,66)(H,59,69)(H,67,68)(H2,56,60,61)(H,71,72,73)(H,74,75,76)/b32-15-/t29?,44-,45-,46-/m1/s1. The van der Waals surface area contributed by atoms with Crippen molar-refractivity contribution >= 4 is 108 Å². The number of fused-ring (bicyclic) bond motifs is 4. The number of rotatable bonds is 25. The number of aromatic carboxylic acids is 1. The van der Waals surface area contributed by atoms with Crippen LogP contribution in [-0.4, -0.2) is 142 Å². The summed E-state index contributed by atoms with van der Waals surface area (Å²) in [6.07, 6.45) is 5.50. The van der Waals surface area contributed by atoms with E-state index in [1.807, 2.05) is 0 Å². The number of alkyl carbamates (subject to hydrolysis) is 1. The van der Waals surface area contributed by atoms with E-state index in [9.17, 15) is 50.3 Å². The Morgan fingerprint density at radius 3 is 2.55 bits per heavy atom. The third-order valence-electron chi connectivity index (χ3n) is 13.3. The highest BCUT2D eigenvalue weighted by Gasteiger charge is 2.38. The van der Waals surface area contributed by atoms with Crippen LogP contribution in [0.3, 0.4) is 0 Å². The van der Waals surface area contributed by atoms with E-state index in [0.29, 0.717) is 45.4 Å². The maximum absolute atomic E-state index is 13.6. The number of nitrogens with one attached hydrogen (secondary N) is 2. The monoisotopic (exact) mass is 1280 g/mol. The minimum absolute atomic E-state index is 0.00536. The van der Waals surface area contributed by atoms with Crippen LogP contribution in [0.5, 0.6) is 11.5 Å². The first kappa shape index (κ1) is 64.4. The highest BCUT2D eigenvalue weighted by molar-refractivity contribution is 8.76. The van der Waals surface area contributed by atoms with Crippen LogP contribution in [-0.2, 0) is 39.0 Å². The molecule has 0 spiro atoms. The number of aromatic nitrogens is 3. The van der Waals surface area contributed by atoms with Crippen LogP contribution >= 0.6 is 30.6 Å². The molecule has 2 amide bonds. The predicted molar refractivity (Wildman–Crippen MR) is 325 cm³/mol. The normalized spacial score (nSPS) is 17.4. The van der Waals surface area contributed by atoms with Gasteiger partial charge in [-0.1, -0.05) is 69.8 Å². The molecule has 5 aromatic rings. The molecule has 5 heterocycles.